The molecule has 0 aromatic carbocycles. The first kappa shape index (κ1) is 15.3. The van der Waals surface area contributed by atoms with Crippen LogP contribution in [0.25, 0.3) is 0 Å². The Hall–Kier alpha value is -1.72. The largest absolute Gasteiger partial charge is 0.461 e. The molecular formula is C13H22N2O4. The van der Waals surface area contributed by atoms with Crippen LogP contribution in [0.3, 0.4) is 0 Å². The van der Waals surface area contributed by atoms with Crippen molar-refractivity contribution in [2.45, 2.75) is 39.8 Å². The monoisotopic (exact) mass is 270 g/mol. The number of hydrogen-bond acceptors (Lipinski definition) is 6. The Kier molecular flexibility index (Phi) is 5.66. The van der Waals surface area contributed by atoms with E-state index in [-0.39, 0.29) is 30.8 Å². The maximum atomic E-state index is 12.0. The standard InChI is InChI=1S/C13H22N2O4/c1-5-8-9-14-10(12(16)18-6-2)11(15(9)4)13(17)19-7-3/h9,14H,5-8H2,1-4H3. The number of nitrogens with one attached hydrogen (secondary N) is 1. The van der Waals surface area contributed by atoms with E-state index in [1.165, 1.54) is 0 Å². The van der Waals surface area contributed by atoms with Crippen LogP contribution in [0.1, 0.15) is 33.6 Å². The quantitative estimate of drug-likeness (QED) is 0.726. The molecule has 1 unspecified atom stereocenters. The Bertz CT molecular complexity index is 379. The molecule has 19 heavy (non-hydrogen) atoms. The molecule has 0 bridgehead atoms. The molecule has 0 aliphatic carbocycles. The smallest absolute Gasteiger partial charge is 0.357 e. The zero-order valence-corrected chi connectivity index (χ0v) is 12.0. The van der Waals surface area contributed by atoms with Crippen molar-refractivity contribution in [3.05, 3.63) is 11.4 Å². The third kappa shape index (κ3) is 3.39. The summed E-state index contributed by atoms with van der Waals surface area (Å²) in [6.07, 6.45) is 1.68. The molecule has 6 nitrogen and oxygen atoms in total. The summed E-state index contributed by atoms with van der Waals surface area (Å²) in [5.41, 5.74) is 0.444. The highest BCUT2D eigenvalue weighted by molar-refractivity contribution is 6.00. The van der Waals surface area contributed by atoms with Gasteiger partial charge in [0, 0.05) is 7.05 Å². The van der Waals surface area contributed by atoms with E-state index in [0.29, 0.717) is 0 Å². The van der Waals surface area contributed by atoms with Crippen LogP contribution in [0.5, 0.6) is 0 Å². The van der Waals surface area contributed by atoms with E-state index in [1.54, 1.807) is 25.8 Å². The molecule has 0 aromatic heterocycles. The van der Waals surface area contributed by atoms with Gasteiger partial charge >= 0.3 is 11.9 Å². The lowest BCUT2D eigenvalue weighted by atomic mass is 10.2. The number of ether oxygens (including phenoxy) is 2. The van der Waals surface area contributed by atoms with Crippen LogP contribution >= 0.6 is 0 Å². The van der Waals surface area contributed by atoms with Crippen molar-refractivity contribution in [3.8, 4) is 0 Å². The fourth-order valence-corrected chi connectivity index (χ4v) is 2.01. The van der Waals surface area contributed by atoms with Crippen LogP contribution in [0.2, 0.25) is 0 Å². The summed E-state index contributed by atoms with van der Waals surface area (Å²) in [6, 6.07) is 0. The maximum absolute atomic E-state index is 12.0. The van der Waals surface area contributed by atoms with Crippen molar-refractivity contribution in [3.63, 3.8) is 0 Å². The zero-order valence-electron chi connectivity index (χ0n) is 12.0. The lowest BCUT2D eigenvalue weighted by molar-refractivity contribution is -0.142. The fourth-order valence-electron chi connectivity index (χ4n) is 2.01. The number of esters is 2. The molecule has 1 rings (SSSR count). The number of nitrogens with zero attached hydrogens (tertiary/aromatic N) is 1. The van der Waals surface area contributed by atoms with Crippen molar-refractivity contribution >= 4 is 11.9 Å². The highest BCUT2D eigenvalue weighted by Gasteiger charge is 2.37. The first-order valence-electron chi connectivity index (χ1n) is 6.64. The van der Waals surface area contributed by atoms with Gasteiger partial charge in [0.1, 0.15) is 0 Å². The van der Waals surface area contributed by atoms with Gasteiger partial charge in [-0.15, -0.1) is 0 Å². The van der Waals surface area contributed by atoms with Crippen LogP contribution in [-0.2, 0) is 19.1 Å². The Balaban J connectivity index is 2.99. The number of rotatable bonds is 6. The lowest BCUT2D eigenvalue weighted by Gasteiger charge is -2.23. The van der Waals surface area contributed by atoms with Gasteiger partial charge in [-0.2, -0.15) is 0 Å². The van der Waals surface area contributed by atoms with Gasteiger partial charge in [0.25, 0.3) is 0 Å². The summed E-state index contributed by atoms with van der Waals surface area (Å²) in [5, 5.41) is 3.05. The Morgan fingerprint density at radius 3 is 2.26 bits per heavy atom. The lowest BCUT2D eigenvalue weighted by Crippen LogP contribution is -2.36. The van der Waals surface area contributed by atoms with Gasteiger partial charge < -0.3 is 19.7 Å². The molecule has 1 atom stereocenters. The molecule has 0 amide bonds. The van der Waals surface area contributed by atoms with E-state index in [0.717, 1.165) is 12.8 Å². The van der Waals surface area contributed by atoms with Crippen LogP contribution in [0, 0.1) is 0 Å². The molecule has 0 saturated heterocycles. The van der Waals surface area contributed by atoms with Crippen molar-refractivity contribution < 1.29 is 19.1 Å². The van der Waals surface area contributed by atoms with Crippen LogP contribution in [-0.4, -0.2) is 43.3 Å². The molecule has 0 aromatic rings. The second kappa shape index (κ2) is 7.01. The second-order valence-electron chi connectivity index (χ2n) is 4.22. The summed E-state index contributed by atoms with van der Waals surface area (Å²) in [5.74, 6) is -1.02. The molecule has 108 valence electrons. The summed E-state index contributed by atoms with van der Waals surface area (Å²) < 4.78 is 9.96. The minimum atomic E-state index is -0.518. The van der Waals surface area contributed by atoms with E-state index in [2.05, 4.69) is 5.32 Å². The van der Waals surface area contributed by atoms with Gasteiger partial charge in [-0.1, -0.05) is 13.3 Å². The van der Waals surface area contributed by atoms with Crippen molar-refractivity contribution in [1.29, 1.82) is 0 Å². The second-order valence-corrected chi connectivity index (χ2v) is 4.22. The van der Waals surface area contributed by atoms with E-state index in [1.807, 2.05) is 6.92 Å². The van der Waals surface area contributed by atoms with Gasteiger partial charge in [-0.3, -0.25) is 0 Å². The molecule has 1 aliphatic heterocycles. The fraction of sp³-hybridized carbons (Fsp3) is 0.692. The molecule has 0 fully saturated rings. The topological polar surface area (TPSA) is 67.9 Å². The molecule has 0 spiro atoms. The number of carbonyl (C=O) groups is 2. The van der Waals surface area contributed by atoms with Gasteiger partial charge in [0.15, 0.2) is 11.4 Å². The summed E-state index contributed by atoms with van der Waals surface area (Å²) in [6.45, 7) is 6.04. The summed E-state index contributed by atoms with van der Waals surface area (Å²) >= 11 is 0. The average molecular weight is 270 g/mol. The maximum Gasteiger partial charge on any atom is 0.357 e. The first-order chi connectivity index (χ1) is 9.06. The van der Waals surface area contributed by atoms with E-state index < -0.39 is 11.9 Å². The zero-order chi connectivity index (χ0) is 14.4. The van der Waals surface area contributed by atoms with Crippen molar-refractivity contribution in [2.24, 2.45) is 0 Å². The van der Waals surface area contributed by atoms with Crippen molar-refractivity contribution in [2.75, 3.05) is 20.3 Å². The molecule has 1 aliphatic rings. The van der Waals surface area contributed by atoms with Crippen molar-refractivity contribution in [1.82, 2.24) is 10.2 Å². The molecular weight excluding hydrogens is 248 g/mol. The summed E-state index contributed by atoms with van der Waals surface area (Å²) in [4.78, 5) is 25.6. The van der Waals surface area contributed by atoms with E-state index >= 15 is 0 Å². The predicted octanol–water partition coefficient (Wildman–Crippen LogP) is 0.985. The van der Waals surface area contributed by atoms with Crippen LogP contribution < -0.4 is 5.32 Å². The molecule has 6 heteroatoms. The Morgan fingerprint density at radius 1 is 1.16 bits per heavy atom. The van der Waals surface area contributed by atoms with Gasteiger partial charge in [-0.25, -0.2) is 9.59 Å². The van der Waals surface area contributed by atoms with Gasteiger partial charge in [0.2, 0.25) is 0 Å². The third-order valence-corrected chi connectivity index (χ3v) is 2.88. The highest BCUT2D eigenvalue weighted by Crippen LogP contribution is 2.23. The normalized spacial score (nSPS) is 18.3. The highest BCUT2D eigenvalue weighted by atomic mass is 16.5. The average Bonchev–Trinajstić information content (AvgIpc) is 2.68. The van der Waals surface area contributed by atoms with E-state index in [9.17, 15) is 9.59 Å². The molecule has 1 heterocycles. The minimum Gasteiger partial charge on any atom is -0.461 e. The predicted molar refractivity (Wildman–Crippen MR) is 69.9 cm³/mol. The molecule has 1 N–H and O–H groups in total. The third-order valence-electron chi connectivity index (χ3n) is 2.88. The Morgan fingerprint density at radius 2 is 1.74 bits per heavy atom. The Labute approximate surface area is 113 Å². The number of carbonyl (C=O) groups excluding carboxylic acids is 2. The van der Waals surface area contributed by atoms with E-state index in [4.69, 9.17) is 9.47 Å². The first-order valence-corrected chi connectivity index (χ1v) is 6.64. The molecule has 0 saturated carbocycles. The SMILES string of the molecule is CCCC1NC(C(=O)OCC)=C(C(=O)OCC)N1C. The van der Waals surface area contributed by atoms with Gasteiger partial charge in [0.05, 0.1) is 19.4 Å². The van der Waals surface area contributed by atoms with Crippen LogP contribution in [0.15, 0.2) is 11.4 Å². The number of hydrogen-bond donors (Lipinski definition) is 1. The summed E-state index contributed by atoms with van der Waals surface area (Å²) in [7, 11) is 1.77. The van der Waals surface area contributed by atoms with Gasteiger partial charge in [-0.05, 0) is 20.3 Å². The molecule has 0 radical (unpaired) electrons. The van der Waals surface area contributed by atoms with Crippen LogP contribution in [0.4, 0.5) is 0 Å². The number of likely N-dealkylation sites (N-methyl/N-ethyl adjacent to an activating group) is 1. The minimum absolute atomic E-state index is 0.0798.